The van der Waals surface area contributed by atoms with Crippen LogP contribution in [0.5, 0.6) is 11.6 Å². The van der Waals surface area contributed by atoms with Gasteiger partial charge in [0, 0.05) is 12.6 Å². The molecule has 3 rings (SSSR count). The molecule has 6 nitrogen and oxygen atoms in total. The molecule has 0 spiro atoms. The number of aromatic nitrogens is 2. The quantitative estimate of drug-likeness (QED) is 0.912. The number of ether oxygens (including phenoxy) is 2. The maximum absolute atomic E-state index is 10.1. The molecule has 2 heterocycles. The van der Waals surface area contributed by atoms with Gasteiger partial charge in [-0.3, -0.25) is 0 Å². The Morgan fingerprint density at radius 2 is 2.17 bits per heavy atom. The number of methoxy groups -OCH3 is 1. The number of nitrogens with zero attached hydrogens (tertiary/aromatic N) is 3. The van der Waals surface area contributed by atoms with Crippen molar-refractivity contribution < 1.29 is 14.6 Å². The number of aliphatic hydroxyl groups excluding tert-OH is 1. The molecule has 0 amide bonds. The molecule has 0 aliphatic carbocycles. The average molecular weight is 315 g/mol. The number of aliphatic hydroxyl groups is 1. The van der Waals surface area contributed by atoms with E-state index in [1.807, 2.05) is 37.3 Å². The highest BCUT2D eigenvalue weighted by Crippen LogP contribution is 2.37. The van der Waals surface area contributed by atoms with Gasteiger partial charge in [0.25, 0.3) is 0 Å². The number of hydrogen-bond acceptors (Lipinski definition) is 6. The second kappa shape index (κ2) is 6.83. The predicted molar refractivity (Wildman–Crippen MR) is 86.9 cm³/mol. The second-order valence-corrected chi connectivity index (χ2v) is 5.48. The van der Waals surface area contributed by atoms with E-state index in [0.29, 0.717) is 25.5 Å². The summed E-state index contributed by atoms with van der Waals surface area (Å²) in [4.78, 5) is 10.5. The highest BCUT2D eigenvalue weighted by molar-refractivity contribution is 5.47. The second-order valence-electron chi connectivity index (χ2n) is 5.48. The van der Waals surface area contributed by atoms with Gasteiger partial charge in [-0.05, 0) is 31.0 Å². The molecule has 2 atom stereocenters. The molecule has 6 heteroatoms. The minimum absolute atomic E-state index is 0.0458. The van der Waals surface area contributed by atoms with E-state index in [-0.39, 0.29) is 6.04 Å². The SMILES string of the molecule is CCOc1cc(N2C[C@@H](O)C[C@@H]2c2cccc(OC)c2)ncn1. The summed E-state index contributed by atoms with van der Waals surface area (Å²) < 4.78 is 10.8. The van der Waals surface area contributed by atoms with E-state index < -0.39 is 6.10 Å². The molecular weight excluding hydrogens is 294 g/mol. The van der Waals surface area contributed by atoms with Crippen LogP contribution in [0.1, 0.15) is 24.9 Å². The topological polar surface area (TPSA) is 67.7 Å². The smallest absolute Gasteiger partial charge is 0.218 e. The van der Waals surface area contributed by atoms with Crippen molar-refractivity contribution in [3.05, 3.63) is 42.2 Å². The minimum atomic E-state index is -0.392. The van der Waals surface area contributed by atoms with Crippen molar-refractivity contribution in [2.75, 3.05) is 25.2 Å². The normalized spacial score (nSPS) is 20.6. The van der Waals surface area contributed by atoms with Crippen molar-refractivity contribution in [2.45, 2.75) is 25.5 Å². The fourth-order valence-electron chi connectivity index (χ4n) is 2.95. The standard InChI is InChI=1S/C17H21N3O3/c1-3-23-17-9-16(18-11-19-17)20-10-13(21)8-15(20)12-5-4-6-14(7-12)22-2/h4-7,9,11,13,15,21H,3,8,10H2,1-2H3/t13-,15+/m0/s1. The Morgan fingerprint density at radius 3 is 2.96 bits per heavy atom. The maximum Gasteiger partial charge on any atom is 0.218 e. The average Bonchev–Trinajstić information content (AvgIpc) is 2.97. The Morgan fingerprint density at radius 1 is 1.30 bits per heavy atom. The van der Waals surface area contributed by atoms with Gasteiger partial charge in [-0.1, -0.05) is 12.1 Å². The zero-order chi connectivity index (χ0) is 16.2. The molecule has 1 aromatic carbocycles. The van der Waals surface area contributed by atoms with Gasteiger partial charge < -0.3 is 19.5 Å². The molecule has 1 fully saturated rings. The van der Waals surface area contributed by atoms with Crippen LogP contribution in [-0.4, -0.2) is 41.4 Å². The molecule has 0 radical (unpaired) electrons. The molecule has 0 saturated carbocycles. The highest BCUT2D eigenvalue weighted by atomic mass is 16.5. The summed E-state index contributed by atoms with van der Waals surface area (Å²) in [6.07, 6.45) is 1.76. The van der Waals surface area contributed by atoms with E-state index in [9.17, 15) is 5.11 Å². The lowest BCUT2D eigenvalue weighted by molar-refractivity contribution is 0.194. The van der Waals surface area contributed by atoms with Gasteiger partial charge in [0.05, 0.1) is 25.9 Å². The third kappa shape index (κ3) is 3.37. The lowest BCUT2D eigenvalue weighted by Gasteiger charge is -2.26. The number of benzene rings is 1. The van der Waals surface area contributed by atoms with E-state index in [1.54, 1.807) is 7.11 Å². The van der Waals surface area contributed by atoms with Crippen molar-refractivity contribution in [3.8, 4) is 11.6 Å². The van der Waals surface area contributed by atoms with E-state index in [2.05, 4.69) is 14.9 Å². The fraction of sp³-hybridized carbons (Fsp3) is 0.412. The zero-order valence-corrected chi connectivity index (χ0v) is 13.3. The molecule has 122 valence electrons. The zero-order valence-electron chi connectivity index (χ0n) is 13.3. The van der Waals surface area contributed by atoms with Crippen molar-refractivity contribution in [1.82, 2.24) is 9.97 Å². The first-order chi connectivity index (χ1) is 11.2. The first kappa shape index (κ1) is 15.6. The molecule has 23 heavy (non-hydrogen) atoms. The Kier molecular flexibility index (Phi) is 4.62. The summed E-state index contributed by atoms with van der Waals surface area (Å²) in [5.41, 5.74) is 1.09. The molecule has 1 saturated heterocycles. The molecule has 0 bridgehead atoms. The molecule has 0 unspecified atom stereocenters. The van der Waals surface area contributed by atoms with E-state index >= 15 is 0 Å². The molecule has 1 aromatic heterocycles. The fourth-order valence-corrected chi connectivity index (χ4v) is 2.95. The Bertz CT molecular complexity index is 665. The predicted octanol–water partition coefficient (Wildman–Crippen LogP) is 2.20. The third-order valence-corrected chi connectivity index (χ3v) is 3.97. The summed E-state index contributed by atoms with van der Waals surface area (Å²) in [7, 11) is 1.65. The van der Waals surface area contributed by atoms with Crippen LogP contribution in [0.25, 0.3) is 0 Å². The lowest BCUT2D eigenvalue weighted by atomic mass is 10.0. The van der Waals surface area contributed by atoms with Gasteiger partial charge in [-0.2, -0.15) is 0 Å². The molecule has 2 aromatic rings. The summed E-state index contributed by atoms with van der Waals surface area (Å²) in [5.74, 6) is 2.11. The van der Waals surface area contributed by atoms with Crippen molar-refractivity contribution >= 4 is 5.82 Å². The monoisotopic (exact) mass is 315 g/mol. The van der Waals surface area contributed by atoms with Crippen LogP contribution < -0.4 is 14.4 Å². The van der Waals surface area contributed by atoms with Crippen molar-refractivity contribution in [1.29, 1.82) is 0 Å². The number of hydrogen-bond donors (Lipinski definition) is 1. The number of rotatable bonds is 5. The summed E-state index contributed by atoms with van der Waals surface area (Å²) in [6.45, 7) is 3.00. The van der Waals surface area contributed by atoms with Crippen LogP contribution in [0.3, 0.4) is 0 Å². The van der Waals surface area contributed by atoms with E-state index in [4.69, 9.17) is 9.47 Å². The van der Waals surface area contributed by atoms with Crippen molar-refractivity contribution in [3.63, 3.8) is 0 Å². The Labute approximate surface area is 135 Å². The largest absolute Gasteiger partial charge is 0.497 e. The van der Waals surface area contributed by atoms with E-state index in [1.165, 1.54) is 6.33 Å². The third-order valence-electron chi connectivity index (χ3n) is 3.97. The molecule has 1 N–H and O–H groups in total. The molecule has 1 aliphatic rings. The Hall–Kier alpha value is -2.34. The van der Waals surface area contributed by atoms with Crippen LogP contribution in [-0.2, 0) is 0 Å². The molecular formula is C17H21N3O3. The summed E-state index contributed by atoms with van der Waals surface area (Å²) in [5, 5.41) is 10.1. The van der Waals surface area contributed by atoms with Gasteiger partial charge in [0.15, 0.2) is 0 Å². The Balaban J connectivity index is 1.91. The molecule has 1 aliphatic heterocycles. The van der Waals surface area contributed by atoms with Crippen LogP contribution in [0, 0.1) is 0 Å². The van der Waals surface area contributed by atoms with Crippen molar-refractivity contribution in [2.24, 2.45) is 0 Å². The lowest BCUT2D eigenvalue weighted by Crippen LogP contribution is -2.25. The van der Waals surface area contributed by atoms with Gasteiger partial charge in [-0.25, -0.2) is 9.97 Å². The minimum Gasteiger partial charge on any atom is -0.497 e. The van der Waals surface area contributed by atoms with Gasteiger partial charge in [0.1, 0.15) is 17.9 Å². The van der Waals surface area contributed by atoms with Crippen LogP contribution in [0.4, 0.5) is 5.82 Å². The number of anilines is 1. The first-order valence-corrected chi connectivity index (χ1v) is 7.74. The maximum atomic E-state index is 10.1. The summed E-state index contributed by atoms with van der Waals surface area (Å²) in [6, 6.07) is 9.78. The van der Waals surface area contributed by atoms with Crippen LogP contribution in [0.2, 0.25) is 0 Å². The first-order valence-electron chi connectivity index (χ1n) is 7.74. The van der Waals surface area contributed by atoms with Crippen LogP contribution in [0.15, 0.2) is 36.7 Å². The van der Waals surface area contributed by atoms with E-state index in [0.717, 1.165) is 17.1 Å². The van der Waals surface area contributed by atoms with Gasteiger partial charge in [-0.15, -0.1) is 0 Å². The van der Waals surface area contributed by atoms with Crippen LogP contribution >= 0.6 is 0 Å². The van der Waals surface area contributed by atoms with Gasteiger partial charge >= 0.3 is 0 Å². The van der Waals surface area contributed by atoms with Gasteiger partial charge in [0.2, 0.25) is 5.88 Å². The summed E-state index contributed by atoms with van der Waals surface area (Å²) >= 11 is 0. The number of β-amino-alcohol motifs (C(OH)–C–C–N with tert-alkyl or cyclic N) is 1. The highest BCUT2D eigenvalue weighted by Gasteiger charge is 2.33.